The van der Waals surface area contributed by atoms with Crippen LogP contribution in [0.5, 0.6) is 5.75 Å². The summed E-state index contributed by atoms with van der Waals surface area (Å²) in [5.74, 6) is -0.00782. The van der Waals surface area contributed by atoms with Gasteiger partial charge in [0.05, 0.1) is 18.0 Å². The molecule has 31 heavy (non-hydrogen) atoms. The fourth-order valence-electron chi connectivity index (χ4n) is 3.17. The summed E-state index contributed by atoms with van der Waals surface area (Å²) in [6.07, 6.45) is -2.94. The Balaban J connectivity index is 1.36. The molecule has 1 aliphatic heterocycles. The van der Waals surface area contributed by atoms with Crippen molar-refractivity contribution < 1.29 is 27.5 Å². The van der Waals surface area contributed by atoms with Crippen LogP contribution in [0.25, 0.3) is 0 Å². The Labute approximate surface area is 174 Å². The van der Waals surface area contributed by atoms with Crippen molar-refractivity contribution in [2.75, 3.05) is 17.2 Å². The average molecular weight is 431 g/mol. The molecule has 1 aliphatic rings. The van der Waals surface area contributed by atoms with Crippen LogP contribution in [-0.4, -0.2) is 33.2 Å². The fourth-order valence-corrected chi connectivity index (χ4v) is 3.17. The number of benzene rings is 2. The zero-order chi connectivity index (χ0) is 22.0. The van der Waals surface area contributed by atoms with E-state index in [2.05, 4.69) is 20.7 Å². The fraction of sp³-hybridized carbons (Fsp3) is 0.200. The SMILES string of the molecule is O=C(COc1ccc([C@@H]2CC(=O)Nc3ncnn32)cc1)Nc1cccc(C(F)(F)F)c1. The van der Waals surface area contributed by atoms with Crippen LogP contribution in [0, 0.1) is 0 Å². The Kier molecular flexibility index (Phi) is 5.32. The number of rotatable bonds is 5. The second-order valence-corrected chi connectivity index (χ2v) is 6.78. The number of amides is 2. The molecule has 0 radical (unpaired) electrons. The number of alkyl halides is 3. The topological polar surface area (TPSA) is 98.1 Å². The monoisotopic (exact) mass is 431 g/mol. The predicted octanol–water partition coefficient (Wildman–Crippen LogP) is 3.25. The highest BCUT2D eigenvalue weighted by atomic mass is 19.4. The van der Waals surface area contributed by atoms with Gasteiger partial charge >= 0.3 is 6.18 Å². The van der Waals surface area contributed by atoms with Crippen molar-refractivity contribution in [3.63, 3.8) is 0 Å². The van der Waals surface area contributed by atoms with E-state index in [1.165, 1.54) is 18.5 Å². The number of halogens is 3. The maximum absolute atomic E-state index is 12.8. The average Bonchev–Trinajstić information content (AvgIpc) is 3.20. The maximum Gasteiger partial charge on any atom is 0.416 e. The Morgan fingerprint density at radius 1 is 1.23 bits per heavy atom. The van der Waals surface area contributed by atoms with E-state index in [1.807, 2.05) is 0 Å². The standard InChI is InChI=1S/C20H16F3N5O3/c21-20(22,23)13-2-1-3-14(8-13)26-18(30)10-31-15-6-4-12(5-7-15)16-9-17(29)27-19-24-11-25-28(16)19/h1-8,11,16H,9-10H2,(H,26,30)(H,24,25,27,29)/t16-/m0/s1. The second kappa shape index (κ2) is 8.09. The van der Waals surface area contributed by atoms with Crippen LogP contribution in [0.2, 0.25) is 0 Å². The number of anilines is 2. The van der Waals surface area contributed by atoms with E-state index >= 15 is 0 Å². The zero-order valence-corrected chi connectivity index (χ0v) is 15.9. The van der Waals surface area contributed by atoms with Gasteiger partial charge in [0, 0.05) is 5.69 Å². The Bertz CT molecular complexity index is 1110. The van der Waals surface area contributed by atoms with E-state index in [0.29, 0.717) is 11.7 Å². The highest BCUT2D eigenvalue weighted by molar-refractivity contribution is 5.92. The molecule has 0 aliphatic carbocycles. The van der Waals surface area contributed by atoms with Gasteiger partial charge in [0.1, 0.15) is 12.1 Å². The molecule has 2 N–H and O–H groups in total. The van der Waals surface area contributed by atoms with E-state index in [1.54, 1.807) is 28.9 Å². The minimum absolute atomic E-state index is 0.0259. The van der Waals surface area contributed by atoms with Crippen LogP contribution in [0.1, 0.15) is 23.6 Å². The largest absolute Gasteiger partial charge is 0.484 e. The summed E-state index contributed by atoms with van der Waals surface area (Å²) < 4.78 is 45.3. The van der Waals surface area contributed by atoms with Gasteiger partial charge in [-0.2, -0.15) is 23.3 Å². The first-order chi connectivity index (χ1) is 14.8. The smallest absolute Gasteiger partial charge is 0.416 e. The number of nitrogens with zero attached hydrogens (tertiary/aromatic N) is 3. The molecule has 0 saturated carbocycles. The molecular formula is C20H16F3N5O3. The summed E-state index contributed by atoms with van der Waals surface area (Å²) in [6, 6.07) is 10.8. The number of aromatic nitrogens is 3. The molecule has 0 fully saturated rings. The van der Waals surface area contributed by atoms with Gasteiger partial charge in [0.25, 0.3) is 5.91 Å². The molecule has 0 spiro atoms. The number of ether oxygens (including phenoxy) is 1. The van der Waals surface area contributed by atoms with Crippen LogP contribution < -0.4 is 15.4 Å². The summed E-state index contributed by atoms with van der Waals surface area (Å²) in [5, 5.41) is 9.14. The molecule has 0 unspecified atom stereocenters. The van der Waals surface area contributed by atoms with Crippen molar-refractivity contribution >= 4 is 23.5 Å². The molecular weight excluding hydrogens is 415 g/mol. The van der Waals surface area contributed by atoms with Crippen LogP contribution in [-0.2, 0) is 15.8 Å². The third-order valence-corrected chi connectivity index (χ3v) is 4.61. The van der Waals surface area contributed by atoms with Crippen molar-refractivity contribution in [1.29, 1.82) is 0 Å². The number of fused-ring (bicyclic) bond motifs is 1. The molecule has 0 saturated heterocycles. The summed E-state index contributed by atoms with van der Waals surface area (Å²) in [7, 11) is 0. The molecule has 11 heteroatoms. The number of hydrogen-bond acceptors (Lipinski definition) is 5. The molecule has 1 aromatic heterocycles. The van der Waals surface area contributed by atoms with Gasteiger partial charge in [0.2, 0.25) is 11.9 Å². The first-order valence-corrected chi connectivity index (χ1v) is 9.19. The van der Waals surface area contributed by atoms with Gasteiger partial charge in [-0.15, -0.1) is 0 Å². The zero-order valence-electron chi connectivity index (χ0n) is 15.9. The third-order valence-electron chi connectivity index (χ3n) is 4.61. The molecule has 4 rings (SSSR count). The van der Waals surface area contributed by atoms with E-state index in [9.17, 15) is 22.8 Å². The van der Waals surface area contributed by atoms with Crippen LogP contribution in [0.3, 0.4) is 0 Å². The van der Waals surface area contributed by atoms with Gasteiger partial charge in [-0.1, -0.05) is 18.2 Å². The molecule has 2 aromatic carbocycles. The Hall–Kier alpha value is -3.89. The first kappa shape index (κ1) is 20.4. The Morgan fingerprint density at radius 3 is 2.74 bits per heavy atom. The minimum atomic E-state index is -4.50. The third kappa shape index (κ3) is 4.65. The highest BCUT2D eigenvalue weighted by Gasteiger charge is 2.30. The van der Waals surface area contributed by atoms with Crippen molar-refractivity contribution in [2.45, 2.75) is 18.6 Å². The highest BCUT2D eigenvalue weighted by Crippen LogP contribution is 2.31. The van der Waals surface area contributed by atoms with Crippen molar-refractivity contribution in [1.82, 2.24) is 14.8 Å². The van der Waals surface area contributed by atoms with Crippen molar-refractivity contribution in [3.05, 3.63) is 66.0 Å². The first-order valence-electron chi connectivity index (χ1n) is 9.19. The van der Waals surface area contributed by atoms with Crippen LogP contribution in [0.4, 0.5) is 24.8 Å². The lowest BCUT2D eigenvalue weighted by Crippen LogP contribution is -2.29. The normalized spacial score (nSPS) is 15.7. The van der Waals surface area contributed by atoms with E-state index in [-0.39, 0.29) is 30.7 Å². The summed E-state index contributed by atoms with van der Waals surface area (Å²) >= 11 is 0. The summed E-state index contributed by atoms with van der Waals surface area (Å²) in [6.45, 7) is -0.380. The van der Waals surface area contributed by atoms with Gasteiger partial charge in [-0.05, 0) is 35.9 Å². The molecule has 1 atom stereocenters. The Morgan fingerprint density at radius 2 is 2.00 bits per heavy atom. The number of carbonyl (C=O) groups is 2. The van der Waals surface area contributed by atoms with Gasteiger partial charge in [0.15, 0.2) is 6.61 Å². The molecule has 160 valence electrons. The maximum atomic E-state index is 12.8. The summed E-state index contributed by atoms with van der Waals surface area (Å²) in [4.78, 5) is 27.9. The van der Waals surface area contributed by atoms with E-state index < -0.39 is 17.6 Å². The lowest BCUT2D eigenvalue weighted by Gasteiger charge is -2.23. The minimum Gasteiger partial charge on any atom is -0.484 e. The summed E-state index contributed by atoms with van der Waals surface area (Å²) in [5.41, 5.74) is -0.0194. The second-order valence-electron chi connectivity index (χ2n) is 6.78. The van der Waals surface area contributed by atoms with Crippen LogP contribution >= 0.6 is 0 Å². The van der Waals surface area contributed by atoms with Crippen molar-refractivity contribution in [3.8, 4) is 5.75 Å². The quantitative estimate of drug-likeness (QED) is 0.646. The van der Waals surface area contributed by atoms with Crippen molar-refractivity contribution in [2.24, 2.45) is 0 Å². The lowest BCUT2D eigenvalue weighted by atomic mass is 10.0. The van der Waals surface area contributed by atoms with Gasteiger partial charge < -0.3 is 10.1 Å². The number of hydrogen-bond donors (Lipinski definition) is 2. The van der Waals surface area contributed by atoms with Gasteiger partial charge in [-0.3, -0.25) is 14.9 Å². The van der Waals surface area contributed by atoms with E-state index in [0.717, 1.165) is 17.7 Å². The number of carbonyl (C=O) groups excluding carboxylic acids is 2. The molecule has 8 nitrogen and oxygen atoms in total. The van der Waals surface area contributed by atoms with E-state index in [4.69, 9.17) is 4.74 Å². The molecule has 3 aromatic rings. The number of nitrogens with one attached hydrogen (secondary N) is 2. The van der Waals surface area contributed by atoms with Gasteiger partial charge in [-0.25, -0.2) is 4.68 Å². The molecule has 2 amide bonds. The lowest BCUT2D eigenvalue weighted by molar-refractivity contribution is -0.137. The molecule has 0 bridgehead atoms. The molecule has 2 heterocycles. The predicted molar refractivity (Wildman–Crippen MR) is 103 cm³/mol. The van der Waals surface area contributed by atoms with Crippen LogP contribution in [0.15, 0.2) is 54.9 Å².